The molecule has 0 aliphatic carbocycles. The van der Waals surface area contributed by atoms with E-state index in [-0.39, 0.29) is 6.42 Å². The molecule has 0 amide bonds. The van der Waals surface area contributed by atoms with Crippen LogP contribution in [-0.4, -0.2) is 24.8 Å². The lowest BCUT2D eigenvalue weighted by Crippen LogP contribution is -2.35. The van der Waals surface area contributed by atoms with E-state index in [9.17, 15) is 9.59 Å². The molecule has 0 radical (unpaired) electrons. The fourth-order valence-electron chi connectivity index (χ4n) is 2.71. The molecule has 0 fully saturated rings. The van der Waals surface area contributed by atoms with Gasteiger partial charge in [0.2, 0.25) is 5.72 Å². The summed E-state index contributed by atoms with van der Waals surface area (Å²) in [5, 5.41) is 0.431. The number of benzene rings is 1. The van der Waals surface area contributed by atoms with Crippen LogP contribution in [0.3, 0.4) is 0 Å². The predicted molar refractivity (Wildman–Crippen MR) is 91.9 cm³/mol. The second-order valence-corrected chi connectivity index (χ2v) is 7.36. The Morgan fingerprint density at radius 1 is 1.38 bits per heavy atom. The number of halogens is 1. The van der Waals surface area contributed by atoms with E-state index in [0.29, 0.717) is 16.3 Å². The summed E-state index contributed by atoms with van der Waals surface area (Å²) in [6, 6.07) is 7.06. The highest BCUT2D eigenvalue weighted by atomic mass is 35.5. The Labute approximate surface area is 147 Å². The van der Waals surface area contributed by atoms with E-state index in [1.54, 1.807) is 31.2 Å². The minimum absolute atomic E-state index is 0.0515. The van der Waals surface area contributed by atoms with Gasteiger partial charge in [-0.1, -0.05) is 57.5 Å². The third kappa shape index (κ3) is 3.31. The molecule has 1 aliphatic rings. The summed E-state index contributed by atoms with van der Waals surface area (Å²) < 4.78 is 10.5. The van der Waals surface area contributed by atoms with Gasteiger partial charge in [0.15, 0.2) is 0 Å². The predicted octanol–water partition coefficient (Wildman–Crippen LogP) is 3.74. The zero-order valence-corrected chi connectivity index (χ0v) is 15.3. The van der Waals surface area contributed by atoms with Crippen molar-refractivity contribution in [3.8, 4) is 0 Å². The van der Waals surface area contributed by atoms with E-state index in [1.807, 2.05) is 20.8 Å². The van der Waals surface area contributed by atoms with Crippen molar-refractivity contribution in [2.75, 3.05) is 7.11 Å². The zero-order chi connectivity index (χ0) is 18.1. The van der Waals surface area contributed by atoms with Crippen LogP contribution in [0.2, 0.25) is 5.02 Å². The maximum atomic E-state index is 12.5. The van der Waals surface area contributed by atoms with Crippen LogP contribution >= 0.6 is 11.6 Å². The van der Waals surface area contributed by atoms with E-state index in [1.165, 1.54) is 7.11 Å². The Balaban J connectivity index is 2.60. The van der Waals surface area contributed by atoms with E-state index in [0.717, 1.165) is 0 Å². The molecule has 0 saturated heterocycles. The summed E-state index contributed by atoms with van der Waals surface area (Å²) in [6.45, 7) is 7.46. The van der Waals surface area contributed by atoms with E-state index in [2.05, 4.69) is 4.99 Å². The van der Waals surface area contributed by atoms with Crippen LogP contribution in [0.25, 0.3) is 0 Å². The minimum Gasteiger partial charge on any atom is -0.469 e. The Morgan fingerprint density at radius 2 is 2.00 bits per heavy atom. The van der Waals surface area contributed by atoms with Gasteiger partial charge >= 0.3 is 11.9 Å². The number of esters is 2. The van der Waals surface area contributed by atoms with Crippen LogP contribution in [0.15, 0.2) is 29.3 Å². The van der Waals surface area contributed by atoms with Crippen molar-refractivity contribution < 1.29 is 19.1 Å². The molecule has 2 atom stereocenters. The maximum Gasteiger partial charge on any atom is 0.355 e. The molecule has 0 spiro atoms. The monoisotopic (exact) mass is 351 g/mol. The van der Waals surface area contributed by atoms with Gasteiger partial charge in [-0.05, 0) is 6.07 Å². The summed E-state index contributed by atoms with van der Waals surface area (Å²) in [5.74, 6) is -1.32. The van der Waals surface area contributed by atoms with Crippen molar-refractivity contribution in [3.63, 3.8) is 0 Å². The van der Waals surface area contributed by atoms with Crippen LogP contribution in [0.1, 0.15) is 39.7 Å². The Morgan fingerprint density at radius 3 is 2.50 bits per heavy atom. The van der Waals surface area contributed by atoms with Crippen molar-refractivity contribution in [1.82, 2.24) is 0 Å². The average molecular weight is 352 g/mol. The van der Waals surface area contributed by atoms with Crippen LogP contribution in [0.4, 0.5) is 0 Å². The molecule has 6 heteroatoms. The van der Waals surface area contributed by atoms with Gasteiger partial charge in [0.1, 0.15) is 5.71 Å². The summed E-state index contributed by atoms with van der Waals surface area (Å²) in [5.41, 5.74) is -0.910. The molecule has 0 bridgehead atoms. The summed E-state index contributed by atoms with van der Waals surface area (Å²) in [7, 11) is 1.32. The van der Waals surface area contributed by atoms with Crippen molar-refractivity contribution in [2.24, 2.45) is 16.3 Å². The van der Waals surface area contributed by atoms with Gasteiger partial charge < -0.3 is 9.47 Å². The minimum atomic E-state index is -1.33. The highest BCUT2D eigenvalue weighted by Crippen LogP contribution is 2.45. The number of carbonyl (C=O) groups is 2. The summed E-state index contributed by atoms with van der Waals surface area (Å²) in [6.07, 6.45) is 0.0515. The number of nitrogens with zero attached hydrogens (tertiary/aromatic N) is 1. The molecule has 1 aromatic carbocycles. The fourth-order valence-corrected chi connectivity index (χ4v) is 2.98. The van der Waals surface area contributed by atoms with Crippen molar-refractivity contribution in [2.45, 2.75) is 39.8 Å². The van der Waals surface area contributed by atoms with Gasteiger partial charge in [-0.25, -0.2) is 9.79 Å². The second kappa shape index (κ2) is 6.55. The standard InChI is InChI=1S/C18H22ClNO4/c1-11(10-14(21)23-5)18(12-8-6-7-9-13(12)19)20-15(16(22)24-18)17(2,3)4/h6-9,11H,10H2,1-5H3/t11-,18-/m1/s1. The number of rotatable bonds is 4. The van der Waals surface area contributed by atoms with Crippen LogP contribution in [0, 0.1) is 11.3 Å². The SMILES string of the molecule is COC(=O)C[C@@H](C)[C@@]1(c2ccccc2Cl)N=C(C(C)(C)C)C(=O)O1. The molecular formula is C18H22ClNO4. The van der Waals surface area contributed by atoms with Crippen molar-refractivity contribution >= 4 is 29.3 Å². The summed E-state index contributed by atoms with van der Waals surface area (Å²) in [4.78, 5) is 28.9. The number of aliphatic imine (C=N–C) groups is 1. The maximum absolute atomic E-state index is 12.5. The number of carbonyl (C=O) groups excluding carboxylic acids is 2. The third-order valence-electron chi connectivity index (χ3n) is 4.06. The van der Waals surface area contributed by atoms with Crippen LogP contribution in [0.5, 0.6) is 0 Å². The number of cyclic esters (lactones) is 1. The number of hydrogen-bond donors (Lipinski definition) is 0. The molecule has 1 aromatic rings. The topological polar surface area (TPSA) is 65.0 Å². The van der Waals surface area contributed by atoms with Crippen LogP contribution < -0.4 is 0 Å². The fraction of sp³-hybridized carbons (Fsp3) is 0.500. The number of methoxy groups -OCH3 is 1. The van der Waals surface area contributed by atoms with Crippen molar-refractivity contribution in [3.05, 3.63) is 34.9 Å². The van der Waals surface area contributed by atoms with Gasteiger partial charge in [0.05, 0.1) is 13.5 Å². The van der Waals surface area contributed by atoms with Gasteiger partial charge in [-0.15, -0.1) is 0 Å². The first-order valence-electron chi connectivity index (χ1n) is 7.77. The Hall–Kier alpha value is -1.88. The lowest BCUT2D eigenvalue weighted by molar-refractivity contribution is -0.158. The lowest BCUT2D eigenvalue weighted by Gasteiger charge is -2.31. The first-order valence-corrected chi connectivity index (χ1v) is 8.15. The highest BCUT2D eigenvalue weighted by Gasteiger charge is 2.51. The van der Waals surface area contributed by atoms with E-state index in [4.69, 9.17) is 21.1 Å². The molecule has 24 heavy (non-hydrogen) atoms. The second-order valence-electron chi connectivity index (χ2n) is 6.96. The third-order valence-corrected chi connectivity index (χ3v) is 4.39. The van der Waals surface area contributed by atoms with Gasteiger partial charge in [-0.3, -0.25) is 4.79 Å². The van der Waals surface area contributed by atoms with Crippen molar-refractivity contribution in [1.29, 1.82) is 0 Å². The molecule has 1 aliphatic heterocycles. The van der Waals surface area contributed by atoms with Gasteiger partial charge in [0.25, 0.3) is 0 Å². The number of hydrogen-bond acceptors (Lipinski definition) is 5. The molecule has 0 unspecified atom stereocenters. The average Bonchev–Trinajstić information content (AvgIpc) is 2.86. The zero-order valence-electron chi connectivity index (χ0n) is 14.6. The Kier molecular flexibility index (Phi) is 5.04. The molecular weight excluding hydrogens is 330 g/mol. The van der Waals surface area contributed by atoms with Gasteiger partial charge in [0, 0.05) is 21.9 Å². The lowest BCUT2D eigenvalue weighted by atomic mass is 9.87. The Bertz CT molecular complexity index is 693. The van der Waals surface area contributed by atoms with Crippen LogP contribution in [-0.2, 0) is 24.8 Å². The molecule has 0 saturated carbocycles. The molecule has 1 heterocycles. The molecule has 0 aromatic heterocycles. The molecule has 5 nitrogen and oxygen atoms in total. The molecule has 0 N–H and O–H groups in total. The quantitative estimate of drug-likeness (QED) is 0.775. The normalized spacial score (nSPS) is 21.9. The number of ether oxygens (including phenoxy) is 2. The van der Waals surface area contributed by atoms with E-state index >= 15 is 0 Å². The molecule has 2 rings (SSSR count). The van der Waals surface area contributed by atoms with Gasteiger partial charge in [-0.2, -0.15) is 0 Å². The van der Waals surface area contributed by atoms with E-state index < -0.39 is 29.0 Å². The summed E-state index contributed by atoms with van der Waals surface area (Å²) >= 11 is 6.34. The highest BCUT2D eigenvalue weighted by molar-refractivity contribution is 6.39. The molecule has 130 valence electrons. The largest absolute Gasteiger partial charge is 0.469 e. The smallest absolute Gasteiger partial charge is 0.355 e. The first-order chi connectivity index (χ1) is 11.1. The first kappa shape index (κ1) is 18.5.